The predicted octanol–water partition coefficient (Wildman–Crippen LogP) is 1.86. The highest BCUT2D eigenvalue weighted by molar-refractivity contribution is 9.10. The molecule has 6 nitrogen and oxygen atoms in total. The summed E-state index contributed by atoms with van der Waals surface area (Å²) in [6.07, 6.45) is 3.21. The molecule has 0 saturated carbocycles. The molecule has 0 aliphatic carbocycles. The lowest BCUT2D eigenvalue weighted by molar-refractivity contribution is 0.100. The average molecular weight is 332 g/mol. The summed E-state index contributed by atoms with van der Waals surface area (Å²) in [6, 6.07) is 7.29. The smallest absolute Gasteiger partial charge is 0.250 e. The van der Waals surface area contributed by atoms with Crippen molar-refractivity contribution >= 4 is 38.7 Å². The molecular formula is C13H10BrN5O. The van der Waals surface area contributed by atoms with Crippen LogP contribution in [-0.2, 0) is 0 Å². The van der Waals surface area contributed by atoms with Gasteiger partial charge in [-0.1, -0.05) is 22.0 Å². The van der Waals surface area contributed by atoms with E-state index >= 15 is 0 Å². The summed E-state index contributed by atoms with van der Waals surface area (Å²) in [7, 11) is 0. The zero-order valence-electron chi connectivity index (χ0n) is 10.2. The van der Waals surface area contributed by atoms with E-state index in [4.69, 9.17) is 11.5 Å². The molecular weight excluding hydrogens is 322 g/mol. The molecule has 20 heavy (non-hydrogen) atoms. The van der Waals surface area contributed by atoms with E-state index in [2.05, 4.69) is 25.9 Å². The van der Waals surface area contributed by atoms with Gasteiger partial charge in [-0.05, 0) is 18.2 Å². The third-order valence-electron chi connectivity index (χ3n) is 2.94. The molecule has 3 aromatic rings. The van der Waals surface area contributed by atoms with Crippen LogP contribution in [0.5, 0.6) is 0 Å². The van der Waals surface area contributed by atoms with Gasteiger partial charge in [0.2, 0.25) is 5.95 Å². The number of fused-ring (bicyclic) bond motifs is 1. The number of aromatic nitrogens is 3. The Labute approximate surface area is 122 Å². The summed E-state index contributed by atoms with van der Waals surface area (Å²) >= 11 is 3.41. The third-order valence-corrected chi connectivity index (χ3v) is 3.43. The molecule has 0 radical (unpaired) electrons. The number of rotatable bonds is 2. The third kappa shape index (κ3) is 2.01. The van der Waals surface area contributed by atoms with E-state index in [0.717, 1.165) is 15.4 Å². The highest BCUT2D eigenvalue weighted by atomic mass is 79.9. The fourth-order valence-electron chi connectivity index (χ4n) is 2.08. The van der Waals surface area contributed by atoms with Crippen molar-refractivity contribution in [2.45, 2.75) is 0 Å². The van der Waals surface area contributed by atoms with Crippen LogP contribution in [0.25, 0.3) is 16.7 Å². The molecule has 1 aromatic carbocycles. The molecule has 0 unspecified atom stereocenters. The van der Waals surface area contributed by atoms with Crippen LogP contribution in [0.4, 0.5) is 5.95 Å². The van der Waals surface area contributed by atoms with Gasteiger partial charge in [-0.3, -0.25) is 4.79 Å². The van der Waals surface area contributed by atoms with Gasteiger partial charge < -0.3 is 16.0 Å². The SMILES string of the molecule is NC(=O)c1cn(-c2ccnc(N)n2)c2cc(Br)ccc12. The van der Waals surface area contributed by atoms with Crippen LogP contribution in [-0.4, -0.2) is 20.4 Å². The van der Waals surface area contributed by atoms with Gasteiger partial charge >= 0.3 is 0 Å². The fraction of sp³-hybridized carbons (Fsp3) is 0. The Bertz CT molecular complexity index is 827. The fourth-order valence-corrected chi connectivity index (χ4v) is 2.43. The topological polar surface area (TPSA) is 99.8 Å². The van der Waals surface area contributed by atoms with Crippen LogP contribution in [0.1, 0.15) is 10.4 Å². The highest BCUT2D eigenvalue weighted by Gasteiger charge is 2.14. The van der Waals surface area contributed by atoms with E-state index in [1.165, 1.54) is 0 Å². The number of anilines is 1. The van der Waals surface area contributed by atoms with Crippen LogP contribution in [0.3, 0.4) is 0 Å². The molecule has 3 rings (SSSR count). The second-order valence-electron chi connectivity index (χ2n) is 4.21. The lowest BCUT2D eigenvalue weighted by Crippen LogP contribution is -2.10. The Hall–Kier alpha value is -2.41. The second-order valence-corrected chi connectivity index (χ2v) is 5.13. The van der Waals surface area contributed by atoms with Crippen molar-refractivity contribution in [3.8, 4) is 5.82 Å². The van der Waals surface area contributed by atoms with Crippen LogP contribution >= 0.6 is 15.9 Å². The quantitative estimate of drug-likeness (QED) is 0.748. The van der Waals surface area contributed by atoms with Gasteiger partial charge in [0.05, 0.1) is 11.1 Å². The second kappa shape index (κ2) is 4.61. The van der Waals surface area contributed by atoms with Crippen molar-refractivity contribution in [3.05, 3.63) is 46.7 Å². The first-order chi connectivity index (χ1) is 9.56. The summed E-state index contributed by atoms with van der Waals surface area (Å²) in [4.78, 5) is 19.6. The Balaban J connectivity index is 2.35. The van der Waals surface area contributed by atoms with Crippen molar-refractivity contribution in [3.63, 3.8) is 0 Å². The summed E-state index contributed by atoms with van der Waals surface area (Å²) < 4.78 is 2.65. The number of hydrogen-bond acceptors (Lipinski definition) is 4. The normalized spacial score (nSPS) is 10.8. The van der Waals surface area contributed by atoms with E-state index in [1.807, 2.05) is 18.2 Å². The number of carbonyl (C=O) groups is 1. The Kier molecular flexibility index (Phi) is 2.90. The zero-order chi connectivity index (χ0) is 14.3. The maximum absolute atomic E-state index is 11.6. The minimum absolute atomic E-state index is 0.167. The first-order valence-electron chi connectivity index (χ1n) is 5.75. The van der Waals surface area contributed by atoms with E-state index in [-0.39, 0.29) is 5.95 Å². The van der Waals surface area contributed by atoms with Gasteiger partial charge in [0.15, 0.2) is 0 Å². The van der Waals surface area contributed by atoms with Gasteiger partial charge in [-0.25, -0.2) is 4.98 Å². The Morgan fingerprint density at radius 3 is 2.80 bits per heavy atom. The summed E-state index contributed by atoms with van der Waals surface area (Å²) in [6.45, 7) is 0. The van der Waals surface area contributed by atoms with E-state index in [0.29, 0.717) is 11.4 Å². The van der Waals surface area contributed by atoms with Crippen molar-refractivity contribution in [1.29, 1.82) is 0 Å². The molecule has 0 fully saturated rings. The molecule has 0 spiro atoms. The minimum Gasteiger partial charge on any atom is -0.368 e. The molecule has 0 bridgehead atoms. The van der Waals surface area contributed by atoms with Gasteiger partial charge in [-0.2, -0.15) is 4.98 Å². The summed E-state index contributed by atoms with van der Waals surface area (Å²) in [5.74, 6) is 0.256. The summed E-state index contributed by atoms with van der Waals surface area (Å²) in [5, 5.41) is 0.762. The number of nitrogens with two attached hydrogens (primary N) is 2. The Morgan fingerprint density at radius 1 is 1.30 bits per heavy atom. The predicted molar refractivity (Wildman–Crippen MR) is 79.5 cm³/mol. The largest absolute Gasteiger partial charge is 0.368 e. The zero-order valence-corrected chi connectivity index (χ0v) is 11.8. The van der Waals surface area contributed by atoms with Gasteiger partial charge in [0, 0.05) is 22.3 Å². The standard InChI is InChI=1S/C13H10BrN5O/c14-7-1-2-8-9(12(15)20)6-19(10(8)5-7)11-3-4-17-13(16)18-11/h1-6H,(H2,15,20)(H2,16,17,18). The molecule has 1 amide bonds. The van der Waals surface area contributed by atoms with Crippen LogP contribution in [0.2, 0.25) is 0 Å². The number of nitrogen functional groups attached to an aromatic ring is 1. The number of primary amides is 1. The van der Waals surface area contributed by atoms with Crippen molar-refractivity contribution < 1.29 is 4.79 Å². The van der Waals surface area contributed by atoms with Gasteiger partial charge in [0.25, 0.3) is 5.91 Å². The van der Waals surface area contributed by atoms with Crippen molar-refractivity contribution in [2.24, 2.45) is 5.73 Å². The number of amides is 1. The van der Waals surface area contributed by atoms with Crippen LogP contribution < -0.4 is 11.5 Å². The maximum Gasteiger partial charge on any atom is 0.250 e. The van der Waals surface area contributed by atoms with E-state index in [9.17, 15) is 4.79 Å². The average Bonchev–Trinajstić information content (AvgIpc) is 2.77. The number of halogens is 1. The molecule has 0 aliphatic heterocycles. The number of benzene rings is 1. The maximum atomic E-state index is 11.6. The summed E-state index contributed by atoms with van der Waals surface area (Å²) in [5.41, 5.74) is 12.3. The molecule has 7 heteroatoms. The van der Waals surface area contributed by atoms with Crippen molar-refractivity contribution in [2.75, 3.05) is 5.73 Å². The first kappa shape index (κ1) is 12.6. The number of hydrogen-bond donors (Lipinski definition) is 2. The van der Waals surface area contributed by atoms with Gasteiger partial charge in [-0.15, -0.1) is 0 Å². The van der Waals surface area contributed by atoms with E-state index in [1.54, 1.807) is 23.0 Å². The molecule has 0 atom stereocenters. The first-order valence-corrected chi connectivity index (χ1v) is 6.55. The highest BCUT2D eigenvalue weighted by Crippen LogP contribution is 2.27. The van der Waals surface area contributed by atoms with Gasteiger partial charge in [0.1, 0.15) is 5.82 Å². The molecule has 2 heterocycles. The Morgan fingerprint density at radius 2 is 2.10 bits per heavy atom. The number of nitrogens with zero attached hydrogens (tertiary/aromatic N) is 3. The van der Waals surface area contributed by atoms with Crippen LogP contribution in [0.15, 0.2) is 41.1 Å². The van der Waals surface area contributed by atoms with Crippen LogP contribution in [0, 0.1) is 0 Å². The molecule has 2 aromatic heterocycles. The lowest BCUT2D eigenvalue weighted by Gasteiger charge is -2.04. The minimum atomic E-state index is -0.488. The van der Waals surface area contributed by atoms with E-state index < -0.39 is 5.91 Å². The van der Waals surface area contributed by atoms with Crippen molar-refractivity contribution in [1.82, 2.24) is 14.5 Å². The monoisotopic (exact) mass is 331 g/mol. The molecule has 4 N–H and O–H groups in total. The lowest BCUT2D eigenvalue weighted by atomic mass is 10.2. The molecule has 0 saturated heterocycles. The number of carbonyl (C=O) groups excluding carboxylic acids is 1. The molecule has 0 aliphatic rings. The molecule has 100 valence electrons.